The van der Waals surface area contributed by atoms with E-state index in [2.05, 4.69) is 20.9 Å². The maximum Gasteiger partial charge on any atom is 0.277 e. The molecule has 0 aliphatic heterocycles. The lowest BCUT2D eigenvalue weighted by Crippen LogP contribution is -2.24. The summed E-state index contributed by atoms with van der Waals surface area (Å²) in [4.78, 5) is 17.9. The van der Waals surface area contributed by atoms with Gasteiger partial charge in [0.15, 0.2) is 0 Å². The van der Waals surface area contributed by atoms with E-state index >= 15 is 0 Å². The molecule has 3 aromatic carbocycles. The van der Waals surface area contributed by atoms with Crippen LogP contribution in [-0.2, 0) is 6.54 Å². The zero-order valence-electron chi connectivity index (χ0n) is 14.7. The number of nitrogens with zero attached hydrogens (tertiary/aromatic N) is 2. The van der Waals surface area contributed by atoms with Gasteiger partial charge in [0.25, 0.3) is 5.56 Å². The number of hydrogen-bond acceptors (Lipinski definition) is 3. The Morgan fingerprint density at radius 3 is 2.37 bits per heavy atom. The van der Waals surface area contributed by atoms with E-state index in [0.29, 0.717) is 12.2 Å². The second-order valence-corrected chi connectivity index (χ2v) is 7.11. The van der Waals surface area contributed by atoms with Crippen molar-refractivity contribution in [3.8, 4) is 17.0 Å². The van der Waals surface area contributed by atoms with Gasteiger partial charge >= 0.3 is 0 Å². The molecule has 0 bridgehead atoms. The van der Waals surface area contributed by atoms with E-state index in [9.17, 15) is 4.79 Å². The first kappa shape index (κ1) is 17.5. The first-order valence-electron chi connectivity index (χ1n) is 8.54. The maximum absolute atomic E-state index is 13.3. The van der Waals surface area contributed by atoms with E-state index in [-0.39, 0.29) is 5.56 Å². The predicted molar refractivity (Wildman–Crippen MR) is 111 cm³/mol. The van der Waals surface area contributed by atoms with Gasteiger partial charge in [0.1, 0.15) is 11.4 Å². The summed E-state index contributed by atoms with van der Waals surface area (Å²) in [7, 11) is 1.62. The minimum absolute atomic E-state index is 0.109. The van der Waals surface area contributed by atoms with Crippen molar-refractivity contribution in [1.29, 1.82) is 0 Å². The van der Waals surface area contributed by atoms with E-state index in [4.69, 9.17) is 4.74 Å². The van der Waals surface area contributed by atoms with Crippen LogP contribution < -0.4 is 10.3 Å². The molecule has 0 aliphatic carbocycles. The standard InChI is InChI=1S/C22H17BrN2O2/c1-27-18-12-8-16(9-13-18)21-22(26)25(14-15-6-10-17(23)11-7-15)20-5-3-2-4-19(20)24-21/h2-13H,14H2,1H3. The average molecular weight is 421 g/mol. The second-order valence-electron chi connectivity index (χ2n) is 6.20. The van der Waals surface area contributed by atoms with Gasteiger partial charge in [-0.05, 0) is 54.1 Å². The molecule has 5 heteroatoms. The van der Waals surface area contributed by atoms with Crippen molar-refractivity contribution in [3.63, 3.8) is 0 Å². The normalized spacial score (nSPS) is 10.9. The van der Waals surface area contributed by atoms with Crippen LogP contribution in [0, 0.1) is 0 Å². The highest BCUT2D eigenvalue weighted by atomic mass is 79.9. The summed E-state index contributed by atoms with van der Waals surface area (Å²) < 4.78 is 8.00. The predicted octanol–water partition coefficient (Wildman–Crippen LogP) is 4.88. The zero-order chi connectivity index (χ0) is 18.8. The highest BCUT2D eigenvalue weighted by molar-refractivity contribution is 9.10. The summed E-state index contributed by atoms with van der Waals surface area (Å²) in [6.07, 6.45) is 0. The molecule has 4 nitrogen and oxygen atoms in total. The molecule has 0 amide bonds. The fraction of sp³-hybridized carbons (Fsp3) is 0.0909. The lowest BCUT2D eigenvalue weighted by molar-refractivity contribution is 0.415. The Labute approximate surface area is 165 Å². The van der Waals surface area contributed by atoms with Crippen molar-refractivity contribution in [2.24, 2.45) is 0 Å². The fourth-order valence-electron chi connectivity index (χ4n) is 3.06. The van der Waals surface area contributed by atoms with Crippen LogP contribution in [0.2, 0.25) is 0 Å². The Morgan fingerprint density at radius 2 is 1.67 bits per heavy atom. The molecule has 0 unspecified atom stereocenters. The van der Waals surface area contributed by atoms with Gasteiger partial charge in [0.2, 0.25) is 0 Å². The molecule has 1 aromatic heterocycles. The molecule has 1 heterocycles. The number of hydrogen-bond donors (Lipinski definition) is 0. The van der Waals surface area contributed by atoms with Gasteiger partial charge in [-0.2, -0.15) is 0 Å². The first-order valence-corrected chi connectivity index (χ1v) is 9.33. The van der Waals surface area contributed by atoms with E-state index in [0.717, 1.165) is 32.4 Å². The SMILES string of the molecule is COc1ccc(-c2nc3ccccc3n(Cc3ccc(Br)cc3)c2=O)cc1. The molecule has 0 saturated carbocycles. The Morgan fingerprint density at radius 1 is 0.963 bits per heavy atom. The summed E-state index contributed by atoms with van der Waals surface area (Å²) in [5.74, 6) is 0.745. The van der Waals surface area contributed by atoms with Crippen molar-refractivity contribution < 1.29 is 4.74 Å². The Bertz CT molecular complexity index is 1150. The van der Waals surface area contributed by atoms with Gasteiger partial charge in [-0.3, -0.25) is 4.79 Å². The van der Waals surface area contributed by atoms with Crippen molar-refractivity contribution in [1.82, 2.24) is 9.55 Å². The molecule has 4 aromatic rings. The van der Waals surface area contributed by atoms with Crippen LogP contribution >= 0.6 is 15.9 Å². The lowest BCUT2D eigenvalue weighted by atomic mass is 10.1. The molecule has 0 radical (unpaired) electrons. The molecule has 0 atom stereocenters. The second kappa shape index (κ2) is 7.37. The molecule has 134 valence electrons. The van der Waals surface area contributed by atoms with Crippen LogP contribution in [0.5, 0.6) is 5.75 Å². The van der Waals surface area contributed by atoms with E-state index in [1.54, 1.807) is 11.7 Å². The number of ether oxygens (including phenoxy) is 1. The molecule has 0 N–H and O–H groups in total. The minimum atomic E-state index is -0.109. The number of para-hydroxylation sites is 2. The average Bonchev–Trinajstić information content (AvgIpc) is 2.71. The molecule has 27 heavy (non-hydrogen) atoms. The number of aromatic nitrogens is 2. The molecule has 4 rings (SSSR count). The number of methoxy groups -OCH3 is 1. The topological polar surface area (TPSA) is 44.1 Å². The fourth-order valence-corrected chi connectivity index (χ4v) is 3.32. The largest absolute Gasteiger partial charge is 0.497 e. The summed E-state index contributed by atoms with van der Waals surface area (Å²) in [5, 5.41) is 0. The number of halogens is 1. The van der Waals surface area contributed by atoms with Crippen LogP contribution in [0.3, 0.4) is 0 Å². The van der Waals surface area contributed by atoms with Gasteiger partial charge in [-0.15, -0.1) is 0 Å². The number of benzene rings is 3. The van der Waals surface area contributed by atoms with Crippen molar-refractivity contribution in [2.45, 2.75) is 6.54 Å². The third-order valence-corrected chi connectivity index (χ3v) is 5.00. The van der Waals surface area contributed by atoms with Crippen LogP contribution in [0.15, 0.2) is 82.1 Å². The molecule has 0 saturated heterocycles. The number of fused-ring (bicyclic) bond motifs is 1. The lowest BCUT2D eigenvalue weighted by Gasteiger charge is -2.13. The molecule has 0 aliphatic rings. The highest BCUT2D eigenvalue weighted by Crippen LogP contribution is 2.21. The maximum atomic E-state index is 13.3. The number of rotatable bonds is 4. The van der Waals surface area contributed by atoms with Gasteiger partial charge in [-0.1, -0.05) is 40.2 Å². The molecule has 0 spiro atoms. The monoisotopic (exact) mass is 420 g/mol. The van der Waals surface area contributed by atoms with E-state index in [1.165, 1.54) is 0 Å². The summed E-state index contributed by atoms with van der Waals surface area (Å²) in [5.41, 5.74) is 3.77. The van der Waals surface area contributed by atoms with E-state index in [1.807, 2.05) is 72.8 Å². The zero-order valence-corrected chi connectivity index (χ0v) is 16.3. The van der Waals surface area contributed by atoms with Gasteiger partial charge in [-0.25, -0.2) is 4.98 Å². The molecule has 0 fully saturated rings. The minimum Gasteiger partial charge on any atom is -0.497 e. The van der Waals surface area contributed by atoms with Crippen molar-refractivity contribution in [3.05, 3.63) is 93.2 Å². The van der Waals surface area contributed by atoms with Crippen LogP contribution in [0.1, 0.15) is 5.56 Å². The molecular formula is C22H17BrN2O2. The van der Waals surface area contributed by atoms with Crippen molar-refractivity contribution in [2.75, 3.05) is 7.11 Å². The van der Waals surface area contributed by atoms with Crippen LogP contribution in [0.25, 0.3) is 22.3 Å². The van der Waals surface area contributed by atoms with Gasteiger partial charge in [0.05, 0.1) is 24.7 Å². The first-order chi connectivity index (χ1) is 13.2. The smallest absolute Gasteiger partial charge is 0.277 e. The highest BCUT2D eigenvalue weighted by Gasteiger charge is 2.13. The Hall–Kier alpha value is -2.92. The summed E-state index contributed by atoms with van der Waals surface area (Å²) in [6, 6.07) is 23.1. The van der Waals surface area contributed by atoms with E-state index < -0.39 is 0 Å². The summed E-state index contributed by atoms with van der Waals surface area (Å²) in [6.45, 7) is 0.484. The quantitative estimate of drug-likeness (QED) is 0.472. The van der Waals surface area contributed by atoms with Crippen molar-refractivity contribution >= 4 is 27.0 Å². The van der Waals surface area contributed by atoms with Gasteiger partial charge < -0.3 is 9.30 Å². The summed E-state index contributed by atoms with van der Waals surface area (Å²) >= 11 is 3.45. The third kappa shape index (κ3) is 3.51. The third-order valence-electron chi connectivity index (χ3n) is 4.47. The Kier molecular flexibility index (Phi) is 4.77. The van der Waals surface area contributed by atoms with Crippen LogP contribution in [0.4, 0.5) is 0 Å². The van der Waals surface area contributed by atoms with Crippen LogP contribution in [-0.4, -0.2) is 16.7 Å². The van der Waals surface area contributed by atoms with Gasteiger partial charge in [0, 0.05) is 10.0 Å². The Balaban J connectivity index is 1.89. The molecular weight excluding hydrogens is 404 g/mol.